The Kier molecular flexibility index (Phi) is 5.62. The summed E-state index contributed by atoms with van der Waals surface area (Å²) >= 11 is 0. The number of benzene rings is 2. The zero-order valence-electron chi connectivity index (χ0n) is 16.0. The van der Waals surface area contributed by atoms with Crippen LogP contribution in [0.1, 0.15) is 44.0 Å². The van der Waals surface area contributed by atoms with E-state index in [4.69, 9.17) is 0 Å². The lowest BCUT2D eigenvalue weighted by Crippen LogP contribution is -2.50. The van der Waals surface area contributed by atoms with Crippen LogP contribution in [0.25, 0.3) is 0 Å². The molecule has 0 aliphatic carbocycles. The first-order chi connectivity index (χ1) is 12.4. The van der Waals surface area contributed by atoms with E-state index in [1.54, 1.807) is 0 Å². The quantitative estimate of drug-likeness (QED) is 0.857. The molecule has 3 rings (SSSR count). The van der Waals surface area contributed by atoms with Crippen molar-refractivity contribution in [2.75, 3.05) is 18.4 Å². The molecule has 1 heterocycles. The van der Waals surface area contributed by atoms with Gasteiger partial charge in [-0.05, 0) is 57.9 Å². The maximum Gasteiger partial charge on any atom is 0.253 e. The summed E-state index contributed by atoms with van der Waals surface area (Å²) in [5.74, 6) is -0.00163. The van der Waals surface area contributed by atoms with E-state index in [1.807, 2.05) is 54.6 Å². The Hall–Kier alpha value is -2.33. The van der Waals surface area contributed by atoms with Crippen LogP contribution in [-0.2, 0) is 0 Å². The average molecular weight is 351 g/mol. The first-order valence-electron chi connectivity index (χ1n) is 9.40. The Morgan fingerprint density at radius 2 is 1.58 bits per heavy atom. The van der Waals surface area contributed by atoms with Gasteiger partial charge in [0.1, 0.15) is 0 Å². The number of hydrogen-bond acceptors (Lipinski definition) is 3. The predicted molar refractivity (Wildman–Crippen MR) is 108 cm³/mol. The van der Waals surface area contributed by atoms with Gasteiger partial charge in [-0.1, -0.05) is 30.3 Å². The van der Waals surface area contributed by atoms with Gasteiger partial charge in [0.15, 0.2) is 0 Å². The number of hydrogen-bond donors (Lipinski definition) is 2. The van der Waals surface area contributed by atoms with Crippen LogP contribution in [0.3, 0.4) is 0 Å². The van der Waals surface area contributed by atoms with E-state index in [0.29, 0.717) is 5.56 Å². The first-order valence-corrected chi connectivity index (χ1v) is 9.40. The van der Waals surface area contributed by atoms with Gasteiger partial charge >= 0.3 is 0 Å². The third-order valence-corrected chi connectivity index (χ3v) is 5.00. The van der Waals surface area contributed by atoms with Crippen LogP contribution in [0.5, 0.6) is 0 Å². The highest BCUT2D eigenvalue weighted by molar-refractivity contribution is 6.00. The van der Waals surface area contributed by atoms with E-state index in [1.165, 1.54) is 0 Å². The number of piperidine rings is 1. The molecule has 1 aliphatic heterocycles. The van der Waals surface area contributed by atoms with Crippen molar-refractivity contribution < 1.29 is 4.79 Å². The molecule has 138 valence electrons. The molecule has 2 aromatic carbocycles. The average Bonchev–Trinajstić information content (AvgIpc) is 2.63. The number of nitrogens with one attached hydrogen (secondary N) is 2. The minimum atomic E-state index is -0.00163. The largest absolute Gasteiger partial charge is 0.355 e. The van der Waals surface area contributed by atoms with Crippen molar-refractivity contribution in [3.05, 3.63) is 60.2 Å². The Labute approximate surface area is 156 Å². The number of anilines is 2. The van der Waals surface area contributed by atoms with Gasteiger partial charge < -0.3 is 10.6 Å². The number of amides is 1. The molecular formula is C22H29N3O. The highest BCUT2D eigenvalue weighted by atomic mass is 16.1. The Morgan fingerprint density at radius 3 is 2.23 bits per heavy atom. The van der Waals surface area contributed by atoms with Crippen LogP contribution in [-0.4, -0.2) is 35.5 Å². The van der Waals surface area contributed by atoms with Crippen LogP contribution in [0.2, 0.25) is 0 Å². The summed E-state index contributed by atoms with van der Waals surface area (Å²) < 4.78 is 0. The third kappa shape index (κ3) is 4.64. The summed E-state index contributed by atoms with van der Waals surface area (Å²) in [5.41, 5.74) is 2.70. The van der Waals surface area contributed by atoms with E-state index >= 15 is 0 Å². The Balaban J connectivity index is 1.64. The molecule has 0 spiro atoms. The van der Waals surface area contributed by atoms with Crippen molar-refractivity contribution >= 4 is 17.3 Å². The number of likely N-dealkylation sites (tertiary alicyclic amines) is 1. The van der Waals surface area contributed by atoms with Gasteiger partial charge in [0.05, 0.1) is 11.3 Å². The minimum Gasteiger partial charge on any atom is -0.355 e. The van der Waals surface area contributed by atoms with Crippen molar-refractivity contribution in [3.8, 4) is 0 Å². The highest BCUT2D eigenvalue weighted by Gasteiger charge is 2.28. The summed E-state index contributed by atoms with van der Waals surface area (Å²) in [5, 5.41) is 6.58. The SMILES string of the molecule is CC(C)(C)N1CCC(NC(=O)c2ccccc2Nc2ccccc2)CC1. The summed E-state index contributed by atoms with van der Waals surface area (Å²) in [6.07, 6.45) is 1.99. The van der Waals surface area contributed by atoms with E-state index in [-0.39, 0.29) is 17.5 Å². The minimum absolute atomic E-state index is 0.00163. The maximum atomic E-state index is 12.8. The molecule has 26 heavy (non-hydrogen) atoms. The molecular weight excluding hydrogens is 322 g/mol. The highest BCUT2D eigenvalue weighted by Crippen LogP contribution is 2.23. The van der Waals surface area contributed by atoms with Crippen molar-refractivity contribution in [2.45, 2.75) is 45.2 Å². The summed E-state index contributed by atoms with van der Waals surface area (Å²) in [6.45, 7) is 8.79. The number of nitrogens with zero attached hydrogens (tertiary/aromatic N) is 1. The van der Waals surface area contributed by atoms with Crippen LogP contribution in [0, 0.1) is 0 Å². The van der Waals surface area contributed by atoms with Gasteiger partial charge in [-0.2, -0.15) is 0 Å². The smallest absolute Gasteiger partial charge is 0.253 e. The molecule has 0 radical (unpaired) electrons. The van der Waals surface area contributed by atoms with E-state index in [2.05, 4.69) is 36.3 Å². The maximum absolute atomic E-state index is 12.8. The molecule has 0 bridgehead atoms. The fourth-order valence-corrected chi connectivity index (χ4v) is 3.42. The zero-order valence-corrected chi connectivity index (χ0v) is 16.0. The van der Waals surface area contributed by atoms with Crippen LogP contribution < -0.4 is 10.6 Å². The van der Waals surface area contributed by atoms with Gasteiger partial charge in [-0.25, -0.2) is 0 Å². The molecule has 0 saturated carbocycles. The van der Waals surface area contributed by atoms with Crippen LogP contribution >= 0.6 is 0 Å². The predicted octanol–water partition coefficient (Wildman–Crippen LogP) is 4.42. The molecule has 0 unspecified atom stereocenters. The van der Waals surface area contributed by atoms with Crippen molar-refractivity contribution in [1.29, 1.82) is 0 Å². The lowest BCUT2D eigenvalue weighted by atomic mass is 9.98. The second-order valence-corrected chi connectivity index (χ2v) is 7.94. The molecule has 0 aromatic heterocycles. The topological polar surface area (TPSA) is 44.4 Å². The number of para-hydroxylation sites is 2. The fraction of sp³-hybridized carbons (Fsp3) is 0.409. The third-order valence-electron chi connectivity index (χ3n) is 5.00. The molecule has 1 aliphatic rings. The molecule has 1 fully saturated rings. The fourth-order valence-electron chi connectivity index (χ4n) is 3.42. The number of carbonyl (C=O) groups excluding carboxylic acids is 1. The second kappa shape index (κ2) is 7.92. The Bertz CT molecular complexity index is 729. The summed E-state index contributed by atoms with van der Waals surface area (Å²) in [6, 6.07) is 17.9. The molecule has 1 amide bonds. The lowest BCUT2D eigenvalue weighted by molar-refractivity contribution is 0.0813. The zero-order chi connectivity index (χ0) is 18.6. The summed E-state index contributed by atoms with van der Waals surface area (Å²) in [4.78, 5) is 15.3. The van der Waals surface area contributed by atoms with E-state index in [0.717, 1.165) is 37.3 Å². The van der Waals surface area contributed by atoms with Gasteiger partial charge in [0, 0.05) is 30.4 Å². The van der Waals surface area contributed by atoms with E-state index in [9.17, 15) is 4.79 Å². The van der Waals surface area contributed by atoms with Crippen molar-refractivity contribution in [2.24, 2.45) is 0 Å². The molecule has 1 saturated heterocycles. The normalized spacial score (nSPS) is 16.3. The second-order valence-electron chi connectivity index (χ2n) is 7.94. The monoisotopic (exact) mass is 351 g/mol. The van der Waals surface area contributed by atoms with Crippen LogP contribution in [0.15, 0.2) is 54.6 Å². The standard InChI is InChI=1S/C22H29N3O/c1-22(2,3)25-15-13-18(14-16-25)24-21(26)19-11-7-8-12-20(19)23-17-9-5-4-6-10-17/h4-12,18,23H,13-16H2,1-3H3,(H,24,26). The van der Waals surface area contributed by atoms with Gasteiger partial charge in [-0.3, -0.25) is 9.69 Å². The molecule has 2 N–H and O–H groups in total. The van der Waals surface area contributed by atoms with E-state index < -0.39 is 0 Å². The molecule has 0 atom stereocenters. The van der Waals surface area contributed by atoms with Crippen molar-refractivity contribution in [1.82, 2.24) is 10.2 Å². The van der Waals surface area contributed by atoms with Gasteiger partial charge in [-0.15, -0.1) is 0 Å². The molecule has 2 aromatic rings. The number of carbonyl (C=O) groups is 1. The molecule has 4 heteroatoms. The number of rotatable bonds is 4. The van der Waals surface area contributed by atoms with Crippen LogP contribution in [0.4, 0.5) is 11.4 Å². The Morgan fingerprint density at radius 1 is 0.962 bits per heavy atom. The first kappa shape index (κ1) is 18.5. The van der Waals surface area contributed by atoms with Crippen molar-refractivity contribution in [3.63, 3.8) is 0 Å². The lowest BCUT2D eigenvalue weighted by Gasteiger charge is -2.41. The summed E-state index contributed by atoms with van der Waals surface area (Å²) in [7, 11) is 0. The van der Waals surface area contributed by atoms with Gasteiger partial charge in [0.2, 0.25) is 0 Å². The van der Waals surface area contributed by atoms with Gasteiger partial charge in [0.25, 0.3) is 5.91 Å². The molecule has 4 nitrogen and oxygen atoms in total.